The zero-order valence-corrected chi connectivity index (χ0v) is 19.3. The minimum atomic E-state index is -1.17. The zero-order valence-electron chi connectivity index (χ0n) is 18.5. The lowest BCUT2D eigenvalue weighted by Crippen LogP contribution is -2.56. The molecule has 0 aromatic carbocycles. The first kappa shape index (κ1) is 29.6. The van der Waals surface area contributed by atoms with Gasteiger partial charge in [0, 0.05) is 6.42 Å². The van der Waals surface area contributed by atoms with Crippen molar-refractivity contribution in [3.8, 4) is 0 Å². The number of carbonyl (C=O) groups excluding carboxylic acids is 3. The van der Waals surface area contributed by atoms with Crippen molar-refractivity contribution in [2.24, 2.45) is 11.5 Å². The van der Waals surface area contributed by atoms with Crippen LogP contribution in [0.5, 0.6) is 0 Å². The fourth-order valence-electron chi connectivity index (χ4n) is 2.62. The van der Waals surface area contributed by atoms with Gasteiger partial charge in [-0.3, -0.25) is 19.2 Å². The number of nitrogens with one attached hydrogen (secondary N) is 3. The average molecular weight is 478 g/mol. The predicted octanol–water partition coefficient (Wildman–Crippen LogP) is -1.38. The maximum atomic E-state index is 12.7. The van der Waals surface area contributed by atoms with E-state index in [9.17, 15) is 29.1 Å². The highest BCUT2D eigenvalue weighted by molar-refractivity contribution is 7.98. The number of hydrogen-bond donors (Lipinski definition) is 7. The third-order valence-corrected chi connectivity index (χ3v) is 5.21. The monoisotopic (exact) mass is 477 g/mol. The van der Waals surface area contributed by atoms with Crippen LogP contribution in [-0.2, 0) is 24.0 Å². The molecule has 0 saturated heterocycles. The van der Waals surface area contributed by atoms with Crippen molar-refractivity contribution in [2.45, 2.75) is 69.6 Å². The molecule has 0 saturated carbocycles. The summed E-state index contributed by atoms with van der Waals surface area (Å²) in [6.07, 6.45) is 3.04. The molecule has 184 valence electrons. The summed E-state index contributed by atoms with van der Waals surface area (Å²) < 4.78 is 0. The Balaban J connectivity index is 5.04. The molecule has 0 fully saturated rings. The van der Waals surface area contributed by atoms with Crippen molar-refractivity contribution in [3.63, 3.8) is 0 Å². The van der Waals surface area contributed by atoms with E-state index in [2.05, 4.69) is 16.0 Å². The third kappa shape index (κ3) is 12.5. The van der Waals surface area contributed by atoms with E-state index in [1.54, 1.807) is 0 Å². The van der Waals surface area contributed by atoms with E-state index in [4.69, 9.17) is 16.6 Å². The van der Waals surface area contributed by atoms with E-state index in [1.807, 2.05) is 6.26 Å². The van der Waals surface area contributed by atoms with Gasteiger partial charge in [-0.15, -0.1) is 0 Å². The fourth-order valence-corrected chi connectivity index (χ4v) is 3.09. The van der Waals surface area contributed by atoms with Crippen LogP contribution >= 0.6 is 11.8 Å². The summed E-state index contributed by atoms with van der Waals surface area (Å²) in [5, 5.41) is 25.3. The van der Waals surface area contributed by atoms with Crippen LogP contribution in [0.4, 0.5) is 0 Å². The summed E-state index contributed by atoms with van der Waals surface area (Å²) in [6, 6.07) is -4.24. The van der Waals surface area contributed by atoms with E-state index in [0.29, 0.717) is 25.1 Å². The molecule has 0 spiro atoms. The van der Waals surface area contributed by atoms with E-state index >= 15 is 0 Å². The molecular weight excluding hydrogens is 442 g/mol. The second kappa shape index (κ2) is 16.3. The number of nitrogens with two attached hydrogens (primary N) is 2. The lowest BCUT2D eigenvalue weighted by Gasteiger charge is -2.23. The standard InChI is InChI=1S/C19H35N5O7S/c1-11(22-17(28)12(21)6-7-15(25)26)16(27)23-13(5-3-4-9-20)18(29)24-14(19(30)31)8-10-32-2/h11-14H,3-10,20-21H2,1-2H3,(H,22,28)(H,23,27)(H,24,29)(H,25,26)(H,30,31). The van der Waals surface area contributed by atoms with Crippen LogP contribution in [-0.4, -0.2) is 82.6 Å². The van der Waals surface area contributed by atoms with Crippen molar-refractivity contribution >= 4 is 41.4 Å². The van der Waals surface area contributed by atoms with Gasteiger partial charge in [0.2, 0.25) is 17.7 Å². The van der Waals surface area contributed by atoms with Crippen LogP contribution in [0.2, 0.25) is 0 Å². The van der Waals surface area contributed by atoms with Gasteiger partial charge in [-0.25, -0.2) is 4.79 Å². The van der Waals surface area contributed by atoms with Crippen LogP contribution in [0.1, 0.15) is 45.4 Å². The van der Waals surface area contributed by atoms with Crippen LogP contribution in [0.25, 0.3) is 0 Å². The first-order valence-electron chi connectivity index (χ1n) is 10.3. The van der Waals surface area contributed by atoms with Crippen LogP contribution < -0.4 is 27.4 Å². The summed E-state index contributed by atoms with van der Waals surface area (Å²) in [7, 11) is 0. The second-order valence-corrected chi connectivity index (χ2v) is 8.28. The maximum absolute atomic E-state index is 12.7. The molecule has 0 heterocycles. The van der Waals surface area contributed by atoms with Crippen LogP contribution in [0, 0.1) is 0 Å². The number of carboxylic acids is 2. The average Bonchev–Trinajstić information content (AvgIpc) is 2.73. The fraction of sp³-hybridized carbons (Fsp3) is 0.737. The molecule has 0 aromatic rings. The number of aliphatic carboxylic acids is 2. The molecular formula is C19H35N5O7S. The quantitative estimate of drug-likeness (QED) is 0.122. The Hall–Kier alpha value is -2.38. The third-order valence-electron chi connectivity index (χ3n) is 4.56. The zero-order chi connectivity index (χ0) is 24.7. The molecule has 0 aliphatic heterocycles. The van der Waals surface area contributed by atoms with E-state index in [-0.39, 0.29) is 25.7 Å². The SMILES string of the molecule is CSCCC(NC(=O)C(CCCCN)NC(=O)C(C)NC(=O)C(N)CCC(=O)O)C(=O)O. The summed E-state index contributed by atoms with van der Waals surface area (Å²) >= 11 is 1.45. The number of amides is 3. The molecule has 0 rings (SSSR count). The van der Waals surface area contributed by atoms with Gasteiger partial charge in [-0.2, -0.15) is 11.8 Å². The molecule has 0 aromatic heterocycles. The van der Waals surface area contributed by atoms with Crippen molar-refractivity contribution in [1.82, 2.24) is 16.0 Å². The molecule has 3 amide bonds. The van der Waals surface area contributed by atoms with Gasteiger partial charge in [0.05, 0.1) is 6.04 Å². The van der Waals surface area contributed by atoms with Gasteiger partial charge in [-0.05, 0) is 57.6 Å². The van der Waals surface area contributed by atoms with Gasteiger partial charge < -0.3 is 37.6 Å². The van der Waals surface area contributed by atoms with Crippen molar-refractivity contribution in [2.75, 3.05) is 18.6 Å². The largest absolute Gasteiger partial charge is 0.481 e. The molecule has 12 nitrogen and oxygen atoms in total. The highest BCUT2D eigenvalue weighted by atomic mass is 32.2. The number of thioether (sulfide) groups is 1. The molecule has 4 atom stereocenters. The summed E-state index contributed by atoms with van der Waals surface area (Å²) in [4.78, 5) is 59.2. The maximum Gasteiger partial charge on any atom is 0.326 e. The molecule has 0 radical (unpaired) electrons. The Labute approximate surface area is 191 Å². The van der Waals surface area contributed by atoms with Crippen molar-refractivity contribution in [3.05, 3.63) is 0 Å². The topological polar surface area (TPSA) is 214 Å². The second-order valence-electron chi connectivity index (χ2n) is 7.30. The van der Waals surface area contributed by atoms with E-state index < -0.39 is 53.8 Å². The summed E-state index contributed by atoms with van der Waals surface area (Å²) in [5.41, 5.74) is 11.1. The minimum Gasteiger partial charge on any atom is -0.481 e. The first-order valence-corrected chi connectivity index (χ1v) is 11.7. The van der Waals surface area contributed by atoms with Gasteiger partial charge in [0.1, 0.15) is 18.1 Å². The van der Waals surface area contributed by atoms with Gasteiger partial charge >= 0.3 is 11.9 Å². The molecule has 0 aliphatic carbocycles. The van der Waals surface area contributed by atoms with Crippen molar-refractivity contribution < 1.29 is 34.2 Å². The number of rotatable bonds is 17. The van der Waals surface area contributed by atoms with Crippen LogP contribution in [0.3, 0.4) is 0 Å². The Bertz CT molecular complexity index is 650. The molecule has 0 aliphatic rings. The Morgan fingerprint density at radius 3 is 2.03 bits per heavy atom. The predicted molar refractivity (Wildman–Crippen MR) is 120 cm³/mol. The number of unbranched alkanes of at least 4 members (excludes halogenated alkanes) is 1. The highest BCUT2D eigenvalue weighted by Crippen LogP contribution is 2.06. The lowest BCUT2D eigenvalue weighted by molar-refractivity contribution is -0.142. The van der Waals surface area contributed by atoms with E-state index in [1.165, 1.54) is 18.7 Å². The van der Waals surface area contributed by atoms with E-state index in [0.717, 1.165) is 0 Å². The summed E-state index contributed by atoms with van der Waals surface area (Å²) in [5.74, 6) is -3.72. The Morgan fingerprint density at radius 2 is 1.50 bits per heavy atom. The Kier molecular flexibility index (Phi) is 15.1. The Morgan fingerprint density at radius 1 is 0.875 bits per heavy atom. The van der Waals surface area contributed by atoms with Crippen LogP contribution in [0.15, 0.2) is 0 Å². The first-order chi connectivity index (χ1) is 15.0. The normalized spacial score (nSPS) is 14.5. The van der Waals surface area contributed by atoms with Gasteiger partial charge in [0.15, 0.2) is 0 Å². The molecule has 9 N–H and O–H groups in total. The smallest absolute Gasteiger partial charge is 0.326 e. The number of hydrogen-bond acceptors (Lipinski definition) is 8. The number of carboxylic acid groups (broad SMARTS) is 2. The highest BCUT2D eigenvalue weighted by Gasteiger charge is 2.28. The molecule has 13 heteroatoms. The summed E-state index contributed by atoms with van der Waals surface area (Å²) in [6.45, 7) is 1.79. The minimum absolute atomic E-state index is 0.0910. The number of carbonyl (C=O) groups is 5. The molecule has 4 unspecified atom stereocenters. The van der Waals surface area contributed by atoms with Gasteiger partial charge in [0.25, 0.3) is 0 Å². The molecule has 0 bridgehead atoms. The lowest BCUT2D eigenvalue weighted by atomic mass is 10.1. The molecule has 32 heavy (non-hydrogen) atoms. The van der Waals surface area contributed by atoms with Crippen molar-refractivity contribution in [1.29, 1.82) is 0 Å². The van der Waals surface area contributed by atoms with Gasteiger partial charge in [-0.1, -0.05) is 0 Å².